The summed E-state index contributed by atoms with van der Waals surface area (Å²) in [5, 5.41) is 9.26. The Bertz CT molecular complexity index is 1030. The van der Waals surface area contributed by atoms with Crippen LogP contribution in [0.1, 0.15) is 54.5 Å². The molecule has 1 N–H and O–H groups in total. The summed E-state index contributed by atoms with van der Waals surface area (Å²) in [7, 11) is 0. The van der Waals surface area contributed by atoms with Crippen LogP contribution in [0.5, 0.6) is 0 Å². The van der Waals surface area contributed by atoms with Gasteiger partial charge in [-0.2, -0.15) is 26.3 Å². The van der Waals surface area contributed by atoms with Gasteiger partial charge in [0.15, 0.2) is 0 Å². The maximum Gasteiger partial charge on any atom is 0.416 e. The molecule has 1 fully saturated rings. The predicted molar refractivity (Wildman–Crippen MR) is 120 cm³/mol. The Kier molecular flexibility index (Phi) is 7.99. The SMILES string of the molecule is C=C(C)C(c1ccc(C(F)(F)F)cc1)N1CC[C@H](CC(=O)O)C[C@@H]1Cc1ccc(C(F)(F)F)cc1. The van der Waals surface area contributed by atoms with Crippen molar-refractivity contribution in [3.05, 3.63) is 82.9 Å². The van der Waals surface area contributed by atoms with E-state index in [-0.39, 0.29) is 18.4 Å². The van der Waals surface area contributed by atoms with Crippen LogP contribution < -0.4 is 0 Å². The third kappa shape index (κ3) is 6.87. The lowest BCUT2D eigenvalue weighted by Crippen LogP contribution is -2.46. The summed E-state index contributed by atoms with van der Waals surface area (Å²) >= 11 is 0. The van der Waals surface area contributed by atoms with Gasteiger partial charge in [0, 0.05) is 12.5 Å². The topological polar surface area (TPSA) is 40.5 Å². The summed E-state index contributed by atoms with van der Waals surface area (Å²) in [5.41, 5.74) is 0.480. The number of carboxylic acids is 1. The van der Waals surface area contributed by atoms with Crippen LogP contribution >= 0.6 is 0 Å². The number of hydrogen-bond acceptors (Lipinski definition) is 2. The maximum absolute atomic E-state index is 13.0. The van der Waals surface area contributed by atoms with Crippen LogP contribution in [0.4, 0.5) is 26.3 Å². The highest BCUT2D eigenvalue weighted by Crippen LogP contribution is 2.39. The number of piperidine rings is 1. The highest BCUT2D eigenvalue weighted by Gasteiger charge is 2.36. The Morgan fingerprint density at radius 3 is 1.97 bits per heavy atom. The molecule has 3 atom stereocenters. The molecule has 1 unspecified atom stereocenters. The number of nitrogens with zero attached hydrogens (tertiary/aromatic N) is 1. The fourth-order valence-corrected chi connectivity index (χ4v) is 4.84. The molecule has 1 saturated heterocycles. The van der Waals surface area contributed by atoms with Crippen LogP contribution in [-0.4, -0.2) is 28.6 Å². The number of benzene rings is 2. The van der Waals surface area contributed by atoms with E-state index in [4.69, 9.17) is 0 Å². The first kappa shape index (κ1) is 26.8. The van der Waals surface area contributed by atoms with Crippen molar-refractivity contribution < 1.29 is 36.2 Å². The number of aliphatic carboxylic acids is 1. The van der Waals surface area contributed by atoms with Crippen molar-refractivity contribution in [1.29, 1.82) is 0 Å². The number of rotatable bonds is 7. The van der Waals surface area contributed by atoms with Gasteiger partial charge in [0.25, 0.3) is 0 Å². The zero-order valence-electron chi connectivity index (χ0n) is 19.2. The van der Waals surface area contributed by atoms with E-state index in [2.05, 4.69) is 11.5 Å². The Hall–Kier alpha value is -2.81. The summed E-state index contributed by atoms with van der Waals surface area (Å²) in [6.45, 7) is 6.31. The van der Waals surface area contributed by atoms with E-state index in [1.807, 2.05) is 0 Å². The van der Waals surface area contributed by atoms with Gasteiger partial charge in [0.1, 0.15) is 0 Å². The minimum Gasteiger partial charge on any atom is -0.481 e. The number of carboxylic acid groups (broad SMARTS) is 1. The van der Waals surface area contributed by atoms with Gasteiger partial charge in [0.2, 0.25) is 0 Å². The fraction of sp³-hybridized carbons (Fsp3) is 0.423. The van der Waals surface area contributed by atoms with Crippen LogP contribution in [0, 0.1) is 5.92 Å². The summed E-state index contributed by atoms with van der Waals surface area (Å²) in [6, 6.07) is 9.09. The zero-order valence-corrected chi connectivity index (χ0v) is 19.2. The Labute approximate surface area is 200 Å². The fourth-order valence-electron chi connectivity index (χ4n) is 4.84. The number of alkyl halides is 6. The van der Waals surface area contributed by atoms with Gasteiger partial charge < -0.3 is 5.11 Å². The Morgan fingerprint density at radius 2 is 1.51 bits per heavy atom. The van der Waals surface area contributed by atoms with Crippen molar-refractivity contribution in [1.82, 2.24) is 4.90 Å². The summed E-state index contributed by atoms with van der Waals surface area (Å²) in [6.07, 6.45) is -7.47. The van der Waals surface area contributed by atoms with Crippen LogP contribution in [0.15, 0.2) is 60.7 Å². The van der Waals surface area contributed by atoms with Crippen molar-refractivity contribution in [3.63, 3.8) is 0 Å². The van der Waals surface area contributed by atoms with E-state index >= 15 is 0 Å². The smallest absolute Gasteiger partial charge is 0.416 e. The standard InChI is InChI=1S/C26H27F6NO2/c1-16(2)24(19-5-9-21(10-6-19)26(30,31)32)33-12-11-18(15-23(34)35)14-22(33)13-17-3-7-20(8-4-17)25(27,28)29/h3-10,18,22,24H,1,11-15H2,2H3,(H,34,35)/t18-,22-,24?/m0/s1. The van der Waals surface area contributed by atoms with Crippen LogP contribution in [-0.2, 0) is 23.6 Å². The molecule has 2 aromatic carbocycles. The molecule has 2 aromatic rings. The molecule has 9 heteroatoms. The Morgan fingerprint density at radius 1 is 1.00 bits per heavy atom. The maximum atomic E-state index is 13.0. The molecule has 1 aliphatic heterocycles. The summed E-state index contributed by atoms with van der Waals surface area (Å²) in [4.78, 5) is 13.4. The number of carbonyl (C=O) groups is 1. The van der Waals surface area contributed by atoms with Crippen molar-refractivity contribution in [2.75, 3.05) is 6.54 Å². The first-order chi connectivity index (χ1) is 16.3. The first-order valence-corrected chi connectivity index (χ1v) is 11.2. The second-order valence-electron chi connectivity index (χ2n) is 9.15. The van der Waals surface area contributed by atoms with Crippen LogP contribution in [0.3, 0.4) is 0 Å². The minimum absolute atomic E-state index is 0.0185. The van der Waals surface area contributed by atoms with Crippen LogP contribution in [0.25, 0.3) is 0 Å². The lowest BCUT2D eigenvalue weighted by Gasteiger charge is -2.44. The van der Waals surface area contributed by atoms with Gasteiger partial charge in [0.05, 0.1) is 17.2 Å². The molecule has 1 heterocycles. The van der Waals surface area contributed by atoms with Crippen molar-refractivity contribution in [3.8, 4) is 0 Å². The molecule has 0 bridgehead atoms. The zero-order chi connectivity index (χ0) is 26.0. The molecule has 35 heavy (non-hydrogen) atoms. The van der Waals surface area contributed by atoms with E-state index in [0.717, 1.165) is 24.3 Å². The molecular formula is C26H27F6NO2. The second-order valence-corrected chi connectivity index (χ2v) is 9.15. The lowest BCUT2D eigenvalue weighted by atomic mass is 9.83. The predicted octanol–water partition coefficient (Wildman–Crippen LogP) is 7.14. The third-order valence-electron chi connectivity index (χ3n) is 6.44. The molecule has 0 saturated carbocycles. The first-order valence-electron chi connectivity index (χ1n) is 11.2. The van der Waals surface area contributed by atoms with E-state index in [1.165, 1.54) is 24.3 Å². The van der Waals surface area contributed by atoms with Crippen molar-refractivity contribution in [2.45, 2.75) is 57.0 Å². The van der Waals surface area contributed by atoms with Gasteiger partial charge in [-0.1, -0.05) is 36.4 Å². The van der Waals surface area contributed by atoms with Gasteiger partial charge in [-0.25, -0.2) is 0 Å². The molecule has 190 valence electrons. The second kappa shape index (κ2) is 10.4. The molecule has 0 aromatic heterocycles. The van der Waals surface area contributed by atoms with Gasteiger partial charge in [-0.15, -0.1) is 0 Å². The molecular weight excluding hydrogens is 472 g/mol. The molecule has 0 spiro atoms. The average molecular weight is 499 g/mol. The largest absolute Gasteiger partial charge is 0.481 e. The molecule has 3 rings (SSSR count). The highest BCUT2D eigenvalue weighted by molar-refractivity contribution is 5.67. The molecule has 1 aliphatic rings. The quantitative estimate of drug-likeness (QED) is 0.325. The summed E-state index contributed by atoms with van der Waals surface area (Å²) in [5.74, 6) is -1.03. The van der Waals surface area contributed by atoms with Crippen LogP contribution in [0.2, 0.25) is 0 Å². The molecule has 0 aliphatic carbocycles. The minimum atomic E-state index is -4.46. The summed E-state index contributed by atoms with van der Waals surface area (Å²) < 4.78 is 78.0. The molecule has 3 nitrogen and oxygen atoms in total. The monoisotopic (exact) mass is 499 g/mol. The molecule has 0 radical (unpaired) electrons. The number of likely N-dealkylation sites (tertiary alicyclic amines) is 1. The van der Waals surface area contributed by atoms with E-state index in [9.17, 15) is 36.2 Å². The number of halogens is 6. The molecule has 0 amide bonds. The average Bonchev–Trinajstić information content (AvgIpc) is 2.74. The van der Waals surface area contributed by atoms with Gasteiger partial charge >= 0.3 is 18.3 Å². The van der Waals surface area contributed by atoms with Gasteiger partial charge in [-0.05, 0) is 74.0 Å². The lowest BCUT2D eigenvalue weighted by molar-refractivity contribution is -0.139. The van der Waals surface area contributed by atoms with Crippen molar-refractivity contribution in [2.24, 2.45) is 5.92 Å². The van der Waals surface area contributed by atoms with Gasteiger partial charge in [-0.3, -0.25) is 9.69 Å². The highest BCUT2D eigenvalue weighted by atomic mass is 19.4. The van der Waals surface area contributed by atoms with Crippen molar-refractivity contribution >= 4 is 5.97 Å². The van der Waals surface area contributed by atoms with E-state index < -0.39 is 35.5 Å². The van der Waals surface area contributed by atoms with E-state index in [0.29, 0.717) is 42.5 Å². The number of hydrogen-bond donors (Lipinski definition) is 1. The normalized spacial score (nSPS) is 20.4. The third-order valence-corrected chi connectivity index (χ3v) is 6.44. The Balaban J connectivity index is 1.91. The van der Waals surface area contributed by atoms with E-state index in [1.54, 1.807) is 6.92 Å².